The number of aromatic nitrogens is 3. The molecule has 1 N–H and O–H groups in total. The Hall–Kier alpha value is -2.22. The van der Waals surface area contributed by atoms with Gasteiger partial charge < -0.3 is 5.21 Å². The van der Waals surface area contributed by atoms with Gasteiger partial charge in [-0.05, 0) is 12.1 Å². The van der Waals surface area contributed by atoms with Gasteiger partial charge in [-0.15, -0.1) is 0 Å². The number of hydrogen-bond acceptors (Lipinski definition) is 6. The third-order valence-corrected chi connectivity index (χ3v) is 3.64. The summed E-state index contributed by atoms with van der Waals surface area (Å²) in [5.74, 6) is 0. The highest BCUT2D eigenvalue weighted by Crippen LogP contribution is 2.11. The van der Waals surface area contributed by atoms with Crippen LogP contribution in [0.1, 0.15) is 5.56 Å². The van der Waals surface area contributed by atoms with Gasteiger partial charge in [0.2, 0.25) is 0 Å². The van der Waals surface area contributed by atoms with E-state index in [0.29, 0.717) is 11.3 Å². The molecule has 0 aliphatic carbocycles. The molecule has 1 aromatic carbocycles. The highest BCUT2D eigenvalue weighted by Gasteiger charge is 2.10. The zero-order valence-electron chi connectivity index (χ0n) is 10.1. The van der Waals surface area contributed by atoms with E-state index in [2.05, 4.69) is 15.2 Å². The van der Waals surface area contributed by atoms with Crippen molar-refractivity contribution in [1.82, 2.24) is 14.8 Å². The largest absolute Gasteiger partial charge is 0.411 e. The predicted molar refractivity (Wildman–Crippen MR) is 67.9 cm³/mol. The normalized spacial score (nSPS) is 12.6. The van der Waals surface area contributed by atoms with Crippen molar-refractivity contribution in [2.75, 3.05) is 6.26 Å². The Kier molecular flexibility index (Phi) is 3.61. The number of oxime groups is 1. The molecule has 0 saturated heterocycles. The summed E-state index contributed by atoms with van der Waals surface area (Å²) < 4.78 is 24.2. The van der Waals surface area contributed by atoms with E-state index >= 15 is 0 Å². The average molecular weight is 280 g/mol. The fraction of sp³-hybridized carbons (Fsp3) is 0.182. The molecule has 8 heteroatoms. The lowest BCUT2D eigenvalue weighted by Crippen LogP contribution is -2.12. The Labute approximate surface area is 110 Å². The van der Waals surface area contributed by atoms with E-state index in [4.69, 9.17) is 5.21 Å². The van der Waals surface area contributed by atoms with E-state index in [9.17, 15) is 8.42 Å². The van der Waals surface area contributed by atoms with Gasteiger partial charge in [0.25, 0.3) is 0 Å². The van der Waals surface area contributed by atoms with Crippen LogP contribution in [-0.2, 0) is 16.4 Å². The first-order valence-corrected chi connectivity index (χ1v) is 7.23. The molecule has 0 atom stereocenters. The van der Waals surface area contributed by atoms with E-state index < -0.39 is 9.84 Å². The second kappa shape index (κ2) is 5.19. The van der Waals surface area contributed by atoms with E-state index in [1.54, 1.807) is 12.1 Å². The molecule has 19 heavy (non-hydrogen) atoms. The van der Waals surface area contributed by atoms with Gasteiger partial charge in [-0.1, -0.05) is 17.3 Å². The third-order valence-electron chi connectivity index (χ3n) is 2.51. The van der Waals surface area contributed by atoms with Crippen LogP contribution in [0.2, 0.25) is 0 Å². The monoisotopic (exact) mass is 280 g/mol. The summed E-state index contributed by atoms with van der Waals surface area (Å²) in [7, 11) is -3.23. The number of rotatable bonds is 4. The molecule has 0 spiro atoms. The van der Waals surface area contributed by atoms with E-state index in [-0.39, 0.29) is 11.4 Å². The quantitative estimate of drug-likeness (QED) is 0.501. The second-order valence-electron chi connectivity index (χ2n) is 3.94. The van der Waals surface area contributed by atoms with Gasteiger partial charge in [0.05, 0.1) is 11.4 Å². The van der Waals surface area contributed by atoms with Crippen LogP contribution in [0.3, 0.4) is 0 Å². The van der Waals surface area contributed by atoms with Crippen molar-refractivity contribution in [2.24, 2.45) is 5.16 Å². The molecule has 2 rings (SSSR count). The summed E-state index contributed by atoms with van der Waals surface area (Å²) in [6.45, 7) is 0.245. The Morgan fingerprint density at radius 3 is 2.53 bits per heavy atom. The highest BCUT2D eigenvalue weighted by atomic mass is 32.2. The summed E-state index contributed by atoms with van der Waals surface area (Å²) in [4.78, 5) is 4.00. The Bertz CT molecular complexity index is 675. The van der Waals surface area contributed by atoms with E-state index in [1.807, 2.05) is 0 Å². The minimum Gasteiger partial charge on any atom is -0.411 e. The first-order chi connectivity index (χ1) is 9.00. The van der Waals surface area contributed by atoms with Crippen LogP contribution in [-0.4, -0.2) is 40.4 Å². The van der Waals surface area contributed by atoms with Gasteiger partial charge >= 0.3 is 0 Å². The van der Waals surface area contributed by atoms with Crippen LogP contribution in [0.4, 0.5) is 0 Å². The minimum atomic E-state index is -3.23. The maximum absolute atomic E-state index is 11.3. The molecule has 100 valence electrons. The summed E-state index contributed by atoms with van der Waals surface area (Å²) in [5, 5.41) is 16.1. The maximum Gasteiger partial charge on any atom is 0.175 e. The third kappa shape index (κ3) is 3.16. The Morgan fingerprint density at radius 1 is 1.37 bits per heavy atom. The van der Waals surface area contributed by atoms with Gasteiger partial charge in [-0.25, -0.2) is 18.1 Å². The van der Waals surface area contributed by atoms with Crippen molar-refractivity contribution in [1.29, 1.82) is 0 Å². The molecule has 0 unspecified atom stereocenters. The van der Waals surface area contributed by atoms with E-state index in [1.165, 1.54) is 29.5 Å². The molecule has 1 heterocycles. The Morgan fingerprint density at radius 2 is 2.05 bits per heavy atom. The predicted octanol–water partition coefficient (Wildman–Crippen LogP) is 0.560. The average Bonchev–Trinajstić information content (AvgIpc) is 2.88. The van der Waals surface area contributed by atoms with Crippen LogP contribution >= 0.6 is 0 Å². The van der Waals surface area contributed by atoms with Crippen LogP contribution in [0.5, 0.6) is 0 Å². The summed E-state index contributed by atoms with van der Waals surface area (Å²) in [6.07, 6.45) is 4.01. The molecule has 0 amide bonds. The molecule has 0 aliphatic rings. The maximum atomic E-state index is 11.3. The molecule has 0 bridgehead atoms. The number of benzene rings is 1. The zero-order valence-corrected chi connectivity index (χ0v) is 10.9. The number of hydrogen-bond donors (Lipinski definition) is 1. The van der Waals surface area contributed by atoms with Crippen molar-refractivity contribution >= 4 is 15.5 Å². The van der Waals surface area contributed by atoms with Crippen LogP contribution < -0.4 is 0 Å². The zero-order chi connectivity index (χ0) is 13.9. The van der Waals surface area contributed by atoms with Crippen molar-refractivity contribution < 1.29 is 13.6 Å². The number of sulfone groups is 1. The second-order valence-corrected chi connectivity index (χ2v) is 5.95. The van der Waals surface area contributed by atoms with E-state index in [0.717, 1.165) is 6.26 Å². The molecular formula is C11H12N4O3S. The highest BCUT2D eigenvalue weighted by molar-refractivity contribution is 7.90. The Balaban J connectivity index is 2.25. The van der Waals surface area contributed by atoms with Crippen LogP contribution in [0, 0.1) is 0 Å². The smallest absolute Gasteiger partial charge is 0.175 e. The molecule has 0 fully saturated rings. The summed E-state index contributed by atoms with van der Waals surface area (Å²) in [6, 6.07) is 6.11. The van der Waals surface area contributed by atoms with Gasteiger partial charge in [0.15, 0.2) is 9.84 Å². The van der Waals surface area contributed by atoms with Crippen LogP contribution in [0.15, 0.2) is 47.0 Å². The lowest BCUT2D eigenvalue weighted by Gasteiger charge is -2.05. The first kappa shape index (κ1) is 13.2. The molecule has 1 aromatic heterocycles. The summed E-state index contributed by atoms with van der Waals surface area (Å²) >= 11 is 0. The van der Waals surface area contributed by atoms with Crippen molar-refractivity contribution in [2.45, 2.75) is 11.4 Å². The van der Waals surface area contributed by atoms with Crippen LogP contribution in [0.25, 0.3) is 0 Å². The van der Waals surface area contributed by atoms with Crippen molar-refractivity contribution in [3.63, 3.8) is 0 Å². The lowest BCUT2D eigenvalue weighted by molar-refractivity contribution is 0.317. The van der Waals surface area contributed by atoms with Crippen molar-refractivity contribution in [3.05, 3.63) is 42.5 Å². The topological polar surface area (TPSA) is 97.4 Å². The SMILES string of the molecule is CS(=O)(=O)c1ccc(C(Cn2cncn2)=NO)cc1. The lowest BCUT2D eigenvalue weighted by atomic mass is 10.1. The fourth-order valence-corrected chi connectivity index (χ4v) is 2.17. The fourth-order valence-electron chi connectivity index (χ4n) is 1.54. The van der Waals surface area contributed by atoms with Gasteiger partial charge in [0, 0.05) is 11.8 Å². The standard InChI is InChI=1S/C11H12N4O3S/c1-19(17,18)10-4-2-9(3-5-10)11(14-16)6-15-8-12-7-13-15/h2-5,7-8,16H,6H2,1H3. The van der Waals surface area contributed by atoms with Gasteiger partial charge in [0.1, 0.15) is 18.4 Å². The molecule has 0 radical (unpaired) electrons. The molecule has 0 aliphatic heterocycles. The molecule has 7 nitrogen and oxygen atoms in total. The minimum absolute atomic E-state index is 0.217. The molecule has 2 aromatic rings. The van der Waals surface area contributed by atoms with Gasteiger partial charge in [-0.2, -0.15) is 5.10 Å². The number of nitrogens with zero attached hydrogens (tertiary/aromatic N) is 4. The first-order valence-electron chi connectivity index (χ1n) is 5.34. The summed E-state index contributed by atoms with van der Waals surface area (Å²) in [5.41, 5.74) is 0.982. The molecule has 0 saturated carbocycles. The van der Waals surface area contributed by atoms with Gasteiger partial charge in [-0.3, -0.25) is 0 Å². The molecular weight excluding hydrogens is 268 g/mol. The van der Waals surface area contributed by atoms with Crippen molar-refractivity contribution in [3.8, 4) is 0 Å².